The number of halogens is 2. The Morgan fingerprint density at radius 3 is 2.85 bits per heavy atom. The first-order valence-electron chi connectivity index (χ1n) is 5.97. The van der Waals surface area contributed by atoms with E-state index in [1.165, 1.54) is 6.26 Å². The Labute approximate surface area is 124 Å². The summed E-state index contributed by atoms with van der Waals surface area (Å²) in [7, 11) is 0. The summed E-state index contributed by atoms with van der Waals surface area (Å²) in [6, 6.07) is 5.14. The first-order valence-corrected chi connectivity index (χ1v) is 6.72. The van der Waals surface area contributed by atoms with Crippen LogP contribution < -0.4 is 0 Å². The molecule has 2 heterocycles. The topological polar surface area (TPSA) is 65.5 Å². The highest BCUT2D eigenvalue weighted by molar-refractivity contribution is 6.53. The molecule has 0 amide bonds. The fourth-order valence-electron chi connectivity index (χ4n) is 1.83. The van der Waals surface area contributed by atoms with Crippen LogP contribution in [-0.4, -0.2) is 15.5 Å². The highest BCUT2D eigenvalue weighted by atomic mass is 35.5. The molecule has 0 bridgehead atoms. The first-order chi connectivity index (χ1) is 9.42. The fraction of sp³-hybridized carbons (Fsp3) is 0.385. The zero-order valence-corrected chi connectivity index (χ0v) is 12.1. The van der Waals surface area contributed by atoms with Crippen molar-refractivity contribution < 1.29 is 18.5 Å². The Kier molecular flexibility index (Phi) is 3.06. The lowest BCUT2D eigenvalue weighted by molar-refractivity contribution is -0.151. The SMILES string of the molecule is C[C@@]1(C(=O)OCc2cc(-c3ccco3)on2)CC1(Cl)Cl. The van der Waals surface area contributed by atoms with Gasteiger partial charge in [0, 0.05) is 12.5 Å². The van der Waals surface area contributed by atoms with Gasteiger partial charge in [0.1, 0.15) is 22.0 Å². The summed E-state index contributed by atoms with van der Waals surface area (Å²) in [6.07, 6.45) is 1.92. The molecule has 0 saturated heterocycles. The Bertz CT molecular complexity index is 635. The minimum Gasteiger partial charge on any atom is -0.461 e. The highest BCUT2D eigenvalue weighted by Gasteiger charge is 2.69. The van der Waals surface area contributed by atoms with Crippen molar-refractivity contribution in [2.45, 2.75) is 24.3 Å². The van der Waals surface area contributed by atoms with Crippen molar-refractivity contribution in [2.24, 2.45) is 5.41 Å². The smallest absolute Gasteiger partial charge is 0.315 e. The number of rotatable bonds is 4. The maximum atomic E-state index is 11.9. The third-order valence-electron chi connectivity index (χ3n) is 3.38. The van der Waals surface area contributed by atoms with Gasteiger partial charge < -0.3 is 13.7 Å². The van der Waals surface area contributed by atoms with Gasteiger partial charge >= 0.3 is 5.97 Å². The molecule has 1 aliphatic rings. The average Bonchev–Trinajstić information content (AvgIpc) is 2.92. The summed E-state index contributed by atoms with van der Waals surface area (Å²) in [4.78, 5) is 11.9. The lowest BCUT2D eigenvalue weighted by Crippen LogP contribution is -2.21. The molecule has 0 aliphatic heterocycles. The molecule has 3 rings (SSSR count). The van der Waals surface area contributed by atoms with Gasteiger partial charge in [-0.15, -0.1) is 23.2 Å². The monoisotopic (exact) mass is 315 g/mol. The van der Waals surface area contributed by atoms with E-state index in [1.54, 1.807) is 25.1 Å². The third kappa shape index (κ3) is 2.21. The summed E-state index contributed by atoms with van der Waals surface area (Å²) < 4.78 is 14.4. The van der Waals surface area contributed by atoms with Crippen LogP contribution in [0.4, 0.5) is 0 Å². The van der Waals surface area contributed by atoms with Gasteiger partial charge in [-0.05, 0) is 19.1 Å². The Hall–Kier alpha value is -1.46. The van der Waals surface area contributed by atoms with E-state index in [-0.39, 0.29) is 6.61 Å². The van der Waals surface area contributed by atoms with E-state index in [9.17, 15) is 4.79 Å². The number of hydrogen-bond donors (Lipinski definition) is 0. The van der Waals surface area contributed by atoms with Crippen LogP contribution in [0.5, 0.6) is 0 Å². The highest BCUT2D eigenvalue weighted by Crippen LogP contribution is 2.64. The van der Waals surface area contributed by atoms with Crippen LogP contribution in [-0.2, 0) is 16.1 Å². The number of esters is 1. The summed E-state index contributed by atoms with van der Waals surface area (Å²) in [5.74, 6) is 0.595. The van der Waals surface area contributed by atoms with E-state index in [0.717, 1.165) is 0 Å². The number of furan rings is 1. The van der Waals surface area contributed by atoms with Crippen molar-refractivity contribution in [1.82, 2.24) is 5.16 Å². The normalized spacial score (nSPS) is 23.6. The van der Waals surface area contributed by atoms with Crippen LogP contribution in [0.25, 0.3) is 11.5 Å². The molecule has 1 saturated carbocycles. The maximum absolute atomic E-state index is 11.9. The van der Waals surface area contributed by atoms with Crippen LogP contribution in [0, 0.1) is 5.41 Å². The number of ether oxygens (including phenoxy) is 1. The molecule has 7 heteroatoms. The first kappa shape index (κ1) is 13.5. The van der Waals surface area contributed by atoms with Crippen molar-refractivity contribution >= 4 is 29.2 Å². The fourth-order valence-corrected chi connectivity index (χ4v) is 2.52. The van der Waals surface area contributed by atoms with Crippen LogP contribution in [0.1, 0.15) is 19.0 Å². The summed E-state index contributed by atoms with van der Waals surface area (Å²) in [5.41, 5.74) is -0.354. The van der Waals surface area contributed by atoms with Gasteiger partial charge in [0.05, 0.1) is 6.26 Å². The van der Waals surface area contributed by atoms with Gasteiger partial charge in [0.15, 0.2) is 5.76 Å². The zero-order valence-electron chi connectivity index (χ0n) is 10.6. The van der Waals surface area contributed by atoms with Crippen molar-refractivity contribution in [3.63, 3.8) is 0 Å². The maximum Gasteiger partial charge on any atom is 0.315 e. The third-order valence-corrected chi connectivity index (χ3v) is 4.48. The molecule has 0 spiro atoms. The van der Waals surface area contributed by atoms with E-state index < -0.39 is 15.7 Å². The van der Waals surface area contributed by atoms with Crippen LogP contribution in [0.15, 0.2) is 33.4 Å². The Balaban J connectivity index is 1.61. The summed E-state index contributed by atoms with van der Waals surface area (Å²) in [6.45, 7) is 1.68. The molecule has 2 aromatic heterocycles. The number of aromatic nitrogens is 1. The van der Waals surface area contributed by atoms with Crippen molar-refractivity contribution in [3.05, 3.63) is 30.2 Å². The second kappa shape index (κ2) is 4.53. The van der Waals surface area contributed by atoms with Gasteiger partial charge in [0.2, 0.25) is 5.76 Å². The molecule has 1 aliphatic carbocycles. The Morgan fingerprint density at radius 1 is 1.50 bits per heavy atom. The van der Waals surface area contributed by atoms with Gasteiger partial charge in [-0.1, -0.05) is 5.16 Å². The van der Waals surface area contributed by atoms with Crippen LogP contribution in [0.3, 0.4) is 0 Å². The second-order valence-electron chi connectivity index (χ2n) is 4.95. The lowest BCUT2D eigenvalue weighted by atomic mass is 10.1. The molecule has 106 valence electrons. The standard InChI is InChI=1S/C13H11Cl2NO4/c1-12(7-13(12,14)15)11(17)19-6-8-5-10(20-16-8)9-3-2-4-18-9/h2-5H,6-7H2,1H3/t12-/m0/s1. The summed E-state index contributed by atoms with van der Waals surface area (Å²) >= 11 is 11.8. The summed E-state index contributed by atoms with van der Waals surface area (Å²) in [5, 5.41) is 3.80. The Morgan fingerprint density at radius 2 is 2.25 bits per heavy atom. The molecule has 1 fully saturated rings. The molecule has 0 aromatic carbocycles. The van der Waals surface area contributed by atoms with E-state index in [4.69, 9.17) is 36.9 Å². The number of hydrogen-bond acceptors (Lipinski definition) is 5. The van der Waals surface area contributed by atoms with Crippen molar-refractivity contribution in [1.29, 1.82) is 0 Å². The molecule has 2 aromatic rings. The average molecular weight is 316 g/mol. The van der Waals surface area contributed by atoms with E-state index in [0.29, 0.717) is 23.6 Å². The van der Waals surface area contributed by atoms with Crippen LogP contribution >= 0.6 is 23.2 Å². The lowest BCUT2D eigenvalue weighted by Gasteiger charge is -2.10. The predicted molar refractivity (Wildman–Crippen MR) is 71.2 cm³/mol. The molecule has 20 heavy (non-hydrogen) atoms. The molecular weight excluding hydrogens is 305 g/mol. The molecule has 5 nitrogen and oxygen atoms in total. The minimum absolute atomic E-state index is 0.00247. The number of carbonyl (C=O) groups excluding carboxylic acids is 1. The number of carbonyl (C=O) groups is 1. The second-order valence-corrected chi connectivity index (χ2v) is 6.43. The quantitative estimate of drug-likeness (QED) is 0.637. The van der Waals surface area contributed by atoms with Gasteiger partial charge in [0.25, 0.3) is 0 Å². The predicted octanol–water partition coefficient (Wildman–Crippen LogP) is 3.56. The molecular formula is C13H11Cl2NO4. The van der Waals surface area contributed by atoms with E-state index in [2.05, 4.69) is 5.16 Å². The number of alkyl halides is 2. The van der Waals surface area contributed by atoms with Crippen molar-refractivity contribution in [2.75, 3.05) is 0 Å². The molecule has 0 unspecified atom stereocenters. The molecule has 1 atom stereocenters. The largest absolute Gasteiger partial charge is 0.461 e. The van der Waals surface area contributed by atoms with Crippen molar-refractivity contribution in [3.8, 4) is 11.5 Å². The van der Waals surface area contributed by atoms with Gasteiger partial charge in [-0.2, -0.15) is 0 Å². The van der Waals surface area contributed by atoms with E-state index in [1.807, 2.05) is 0 Å². The zero-order chi connectivity index (χ0) is 14.4. The van der Waals surface area contributed by atoms with Gasteiger partial charge in [-0.3, -0.25) is 4.79 Å². The molecule has 0 radical (unpaired) electrons. The minimum atomic E-state index is -1.03. The molecule has 0 N–H and O–H groups in total. The van der Waals surface area contributed by atoms with E-state index >= 15 is 0 Å². The van der Waals surface area contributed by atoms with Crippen LogP contribution in [0.2, 0.25) is 0 Å². The number of nitrogens with zero attached hydrogens (tertiary/aromatic N) is 1. The van der Waals surface area contributed by atoms with Gasteiger partial charge in [-0.25, -0.2) is 0 Å².